The van der Waals surface area contributed by atoms with Crippen LogP contribution < -0.4 is 0 Å². The fourth-order valence-corrected chi connectivity index (χ4v) is 6.06. The van der Waals surface area contributed by atoms with Crippen molar-refractivity contribution in [3.05, 3.63) is 12.2 Å². The molecule has 0 spiro atoms. The highest BCUT2D eigenvalue weighted by Crippen LogP contribution is 2.58. The lowest BCUT2D eigenvalue weighted by atomic mass is 9.50. The SMILES string of the molecule is C=C(C)C(=O)OC1C2CC3CC(C2)C(C(=O)OC(CS(=O)(=O)OC)C(F)(F)F)C1C3. The van der Waals surface area contributed by atoms with Crippen LogP contribution in [0.5, 0.6) is 0 Å². The maximum absolute atomic E-state index is 13.3. The smallest absolute Gasteiger partial charge is 0.426 e. The Kier molecular flexibility index (Phi) is 6.26. The molecule has 0 N–H and O–H groups in total. The van der Waals surface area contributed by atoms with Crippen LogP contribution in [0, 0.1) is 29.6 Å². The number of hydrogen-bond acceptors (Lipinski definition) is 7. The molecule has 0 aromatic heterocycles. The molecule has 4 rings (SSSR count). The maximum Gasteiger partial charge on any atom is 0.426 e. The van der Waals surface area contributed by atoms with E-state index in [0.29, 0.717) is 25.2 Å². The summed E-state index contributed by atoms with van der Waals surface area (Å²) in [4.78, 5) is 24.9. The zero-order valence-electron chi connectivity index (χ0n) is 16.7. The van der Waals surface area contributed by atoms with Crippen LogP contribution in [0.4, 0.5) is 13.2 Å². The molecule has 30 heavy (non-hydrogen) atoms. The summed E-state index contributed by atoms with van der Waals surface area (Å²) in [7, 11) is -3.77. The average molecular weight is 454 g/mol. The molecule has 4 fully saturated rings. The number of ether oxygens (including phenoxy) is 2. The maximum atomic E-state index is 13.3. The average Bonchev–Trinajstić information content (AvgIpc) is 2.62. The zero-order valence-corrected chi connectivity index (χ0v) is 17.5. The minimum atomic E-state index is -5.07. The van der Waals surface area contributed by atoms with Gasteiger partial charge in [0.05, 0.1) is 13.0 Å². The van der Waals surface area contributed by atoms with Crippen molar-refractivity contribution in [2.45, 2.75) is 51.0 Å². The third-order valence-electron chi connectivity index (χ3n) is 6.44. The van der Waals surface area contributed by atoms with Crippen molar-refractivity contribution < 1.29 is 44.8 Å². The highest BCUT2D eigenvalue weighted by molar-refractivity contribution is 7.86. The Morgan fingerprint density at radius 3 is 2.33 bits per heavy atom. The van der Waals surface area contributed by atoms with Crippen molar-refractivity contribution in [3.63, 3.8) is 0 Å². The lowest BCUT2D eigenvalue weighted by Crippen LogP contribution is -2.57. The number of esters is 2. The van der Waals surface area contributed by atoms with Crippen molar-refractivity contribution >= 4 is 22.1 Å². The summed E-state index contributed by atoms with van der Waals surface area (Å²) in [5.74, 6) is -4.34. The summed E-state index contributed by atoms with van der Waals surface area (Å²) >= 11 is 0. The largest absolute Gasteiger partial charge is 0.458 e. The molecular formula is C19H25F3O7S. The van der Waals surface area contributed by atoms with Gasteiger partial charge in [0.25, 0.3) is 10.1 Å². The quantitative estimate of drug-likeness (QED) is 0.331. The fraction of sp³-hybridized carbons (Fsp3) is 0.789. The molecule has 4 aliphatic carbocycles. The minimum absolute atomic E-state index is 0.0483. The van der Waals surface area contributed by atoms with Crippen molar-refractivity contribution in [2.24, 2.45) is 29.6 Å². The first-order chi connectivity index (χ1) is 13.8. The number of carbonyl (C=O) groups excluding carboxylic acids is 2. The van der Waals surface area contributed by atoms with Gasteiger partial charge >= 0.3 is 18.1 Å². The van der Waals surface area contributed by atoms with Gasteiger partial charge in [-0.1, -0.05) is 6.58 Å². The molecule has 0 aliphatic heterocycles. The van der Waals surface area contributed by atoms with Crippen LogP contribution in [-0.4, -0.2) is 51.6 Å². The first-order valence-corrected chi connectivity index (χ1v) is 11.3. The van der Waals surface area contributed by atoms with E-state index in [-0.39, 0.29) is 17.4 Å². The van der Waals surface area contributed by atoms with Gasteiger partial charge in [0, 0.05) is 11.5 Å². The molecule has 4 bridgehead atoms. The van der Waals surface area contributed by atoms with Crippen LogP contribution >= 0.6 is 0 Å². The van der Waals surface area contributed by atoms with E-state index in [1.54, 1.807) is 0 Å². The van der Waals surface area contributed by atoms with Crippen molar-refractivity contribution in [1.29, 1.82) is 0 Å². The molecule has 0 heterocycles. The Bertz CT molecular complexity index is 822. The fourth-order valence-electron chi connectivity index (χ4n) is 5.30. The van der Waals surface area contributed by atoms with Gasteiger partial charge in [0.1, 0.15) is 11.9 Å². The zero-order chi connectivity index (χ0) is 22.4. The Hall–Kier alpha value is -1.62. The third-order valence-corrected chi connectivity index (χ3v) is 7.65. The standard InChI is InChI=1S/C19H25F3O7S/c1-9(2)17(23)29-16-12-5-10-4-11(7-12)15(13(16)6-10)18(24)28-14(19(20,21)22)8-30(25,26)27-3/h10-16H,1,4-8H2,2-3H3. The second kappa shape index (κ2) is 8.14. The normalized spacial score (nSPS) is 33.8. The molecule has 11 heteroatoms. The number of halogens is 3. The van der Waals surface area contributed by atoms with Gasteiger partial charge in [-0.05, 0) is 50.4 Å². The molecule has 0 saturated heterocycles. The summed E-state index contributed by atoms with van der Waals surface area (Å²) in [6, 6.07) is 0. The van der Waals surface area contributed by atoms with Gasteiger partial charge in [-0.15, -0.1) is 0 Å². The van der Waals surface area contributed by atoms with E-state index in [2.05, 4.69) is 10.8 Å². The van der Waals surface area contributed by atoms with Gasteiger partial charge in [0.15, 0.2) is 0 Å². The van der Waals surface area contributed by atoms with Gasteiger partial charge in [0.2, 0.25) is 6.10 Å². The third kappa shape index (κ3) is 4.66. The van der Waals surface area contributed by atoms with Crippen LogP contribution in [0.3, 0.4) is 0 Å². The molecule has 0 aromatic carbocycles. The molecule has 7 atom stereocenters. The molecule has 4 saturated carbocycles. The van der Waals surface area contributed by atoms with Crippen LogP contribution in [0.25, 0.3) is 0 Å². The van der Waals surface area contributed by atoms with Crippen molar-refractivity contribution in [3.8, 4) is 0 Å². The molecule has 4 aliphatic rings. The summed E-state index contributed by atoms with van der Waals surface area (Å²) in [6.07, 6.45) is -5.85. The number of carbonyl (C=O) groups is 2. The van der Waals surface area contributed by atoms with Crippen LogP contribution in [0.2, 0.25) is 0 Å². The van der Waals surface area contributed by atoms with Crippen LogP contribution in [0.1, 0.15) is 32.6 Å². The van der Waals surface area contributed by atoms with E-state index in [9.17, 15) is 31.2 Å². The molecule has 7 nitrogen and oxygen atoms in total. The second-order valence-electron chi connectivity index (χ2n) is 8.53. The first kappa shape index (κ1) is 23.1. The lowest BCUT2D eigenvalue weighted by Gasteiger charge is -2.56. The Labute approximate surface area is 173 Å². The molecular weight excluding hydrogens is 429 g/mol. The van der Waals surface area contributed by atoms with Gasteiger partial charge < -0.3 is 9.47 Å². The van der Waals surface area contributed by atoms with Gasteiger partial charge in [-0.25, -0.2) is 4.79 Å². The van der Waals surface area contributed by atoms with Crippen LogP contribution in [0.15, 0.2) is 12.2 Å². The van der Waals surface area contributed by atoms with E-state index < -0.39 is 58.0 Å². The summed E-state index contributed by atoms with van der Waals surface area (Å²) in [6.45, 7) is 5.04. The van der Waals surface area contributed by atoms with Gasteiger partial charge in [-0.2, -0.15) is 21.6 Å². The number of rotatable bonds is 7. The Balaban J connectivity index is 1.80. The first-order valence-electron chi connectivity index (χ1n) is 9.74. The van der Waals surface area contributed by atoms with Crippen molar-refractivity contribution in [2.75, 3.05) is 12.9 Å². The summed E-state index contributed by atoms with van der Waals surface area (Å²) in [5.41, 5.74) is 0.199. The van der Waals surface area contributed by atoms with Crippen LogP contribution in [-0.2, 0) is 33.4 Å². The highest BCUT2D eigenvalue weighted by Gasteiger charge is 2.58. The molecule has 0 amide bonds. The molecule has 7 unspecified atom stereocenters. The molecule has 0 radical (unpaired) electrons. The molecule has 0 aromatic rings. The minimum Gasteiger partial charge on any atom is -0.458 e. The van der Waals surface area contributed by atoms with Gasteiger partial charge in [-0.3, -0.25) is 8.98 Å². The Morgan fingerprint density at radius 2 is 1.77 bits per heavy atom. The van der Waals surface area contributed by atoms with E-state index >= 15 is 0 Å². The second-order valence-corrected chi connectivity index (χ2v) is 10.3. The predicted octanol–water partition coefficient (Wildman–Crippen LogP) is 2.61. The van der Waals surface area contributed by atoms with Crippen molar-refractivity contribution in [1.82, 2.24) is 0 Å². The van der Waals surface area contributed by atoms with E-state index in [4.69, 9.17) is 9.47 Å². The highest BCUT2D eigenvalue weighted by atomic mass is 32.2. The summed E-state index contributed by atoms with van der Waals surface area (Å²) in [5, 5.41) is 0. The van der Waals surface area contributed by atoms with E-state index in [0.717, 1.165) is 13.5 Å². The van der Waals surface area contributed by atoms with E-state index in [1.807, 2.05) is 0 Å². The lowest BCUT2D eigenvalue weighted by molar-refractivity contribution is -0.227. The Morgan fingerprint density at radius 1 is 1.13 bits per heavy atom. The number of hydrogen-bond donors (Lipinski definition) is 0. The summed E-state index contributed by atoms with van der Waals surface area (Å²) < 4.78 is 77.4. The monoisotopic (exact) mass is 454 g/mol. The van der Waals surface area contributed by atoms with E-state index in [1.165, 1.54) is 6.92 Å². The number of alkyl halides is 3. The predicted molar refractivity (Wildman–Crippen MR) is 97.3 cm³/mol. The molecule has 170 valence electrons. The topological polar surface area (TPSA) is 96.0 Å².